The number of halogens is 1. The summed E-state index contributed by atoms with van der Waals surface area (Å²) in [5.74, 6) is 4.39. The van der Waals surface area contributed by atoms with Gasteiger partial charge in [0.2, 0.25) is 0 Å². The number of rotatable bonds is 40. The number of hydrogen-bond donors (Lipinski definition) is 1. The zero-order valence-corrected chi connectivity index (χ0v) is 67.5. The third-order valence-electron chi connectivity index (χ3n) is 17.9. The Hall–Kier alpha value is -7.47. The van der Waals surface area contributed by atoms with Gasteiger partial charge < -0.3 is 14.4 Å². The molecular formula is C87H101ClO18P4. The first-order chi connectivity index (χ1) is 53.3. The fraction of sp³-hybridized carbons (Fsp3) is 0.310. The zero-order chi connectivity index (χ0) is 77.9. The van der Waals surface area contributed by atoms with E-state index in [1.807, 2.05) is 243 Å². The van der Waals surface area contributed by atoms with Crippen molar-refractivity contribution in [3.8, 4) is 11.5 Å². The van der Waals surface area contributed by atoms with Crippen LogP contribution in [0.15, 0.2) is 279 Å². The zero-order valence-electron chi connectivity index (χ0n) is 63.2. The van der Waals surface area contributed by atoms with Gasteiger partial charge in [0.25, 0.3) is 0 Å². The van der Waals surface area contributed by atoms with Crippen LogP contribution in [0.2, 0.25) is 0 Å². The van der Waals surface area contributed by atoms with Gasteiger partial charge in [0.1, 0.15) is 17.6 Å². The minimum Gasteiger partial charge on any atom is -0.466 e. The largest absolute Gasteiger partial charge is 0.478 e. The van der Waals surface area contributed by atoms with Gasteiger partial charge in [-0.2, -0.15) is 0 Å². The second-order valence-corrected chi connectivity index (χ2v) is 33.7. The molecule has 0 spiro atoms. The molecule has 1 N–H and O–H groups in total. The molecule has 0 bridgehead atoms. The second-order valence-electron chi connectivity index (χ2n) is 27.0. The van der Waals surface area contributed by atoms with Crippen LogP contribution in [0.1, 0.15) is 158 Å². The van der Waals surface area contributed by atoms with Crippen LogP contribution in [-0.2, 0) is 121 Å². The summed E-state index contributed by atoms with van der Waals surface area (Å²) in [5.41, 5.74) is 11.5. The van der Waals surface area contributed by atoms with Gasteiger partial charge >= 0.3 is 31.3 Å². The van der Waals surface area contributed by atoms with Crippen LogP contribution in [0.3, 0.4) is 0 Å². The van der Waals surface area contributed by atoms with Gasteiger partial charge in [-0.25, -0.2) is 27.3 Å². The Labute approximate surface area is 654 Å². The smallest absolute Gasteiger partial charge is 0.466 e. The molecule has 110 heavy (non-hydrogen) atoms. The van der Waals surface area contributed by atoms with Crippen LogP contribution in [0.4, 0.5) is 0 Å². The summed E-state index contributed by atoms with van der Waals surface area (Å²) in [7, 11) is -15.5. The molecule has 0 amide bonds. The van der Waals surface area contributed by atoms with E-state index in [1.54, 1.807) is 0 Å². The van der Waals surface area contributed by atoms with E-state index in [2.05, 4.69) is 77.9 Å². The molecule has 584 valence electrons. The van der Waals surface area contributed by atoms with Crippen molar-refractivity contribution in [3.63, 3.8) is 0 Å². The first kappa shape index (κ1) is 86.5. The Morgan fingerprint density at radius 2 is 0.500 bits per heavy atom. The topological polar surface area (TPSA) is 208 Å². The molecule has 2 fully saturated rings. The molecule has 0 saturated heterocycles. The van der Waals surface area contributed by atoms with Crippen molar-refractivity contribution in [2.45, 2.75) is 144 Å². The summed E-state index contributed by atoms with van der Waals surface area (Å²) in [6.45, 7) is 13.4. The van der Waals surface area contributed by atoms with Crippen LogP contribution in [0, 0.1) is 11.8 Å². The van der Waals surface area contributed by atoms with Crippen molar-refractivity contribution in [2.24, 2.45) is 11.8 Å². The van der Waals surface area contributed by atoms with Gasteiger partial charge in [-0.3, -0.25) is 40.7 Å². The molecule has 18 nitrogen and oxygen atoms in total. The average molecular weight is 1590 g/mol. The molecule has 2 aliphatic rings. The van der Waals surface area contributed by atoms with Crippen LogP contribution in [0.5, 0.6) is 11.5 Å². The van der Waals surface area contributed by atoms with Gasteiger partial charge in [0, 0.05) is 0 Å². The summed E-state index contributed by atoms with van der Waals surface area (Å²) < 4.78 is 123. The fourth-order valence-corrected chi connectivity index (χ4v) is 15.4. The van der Waals surface area contributed by atoms with Crippen LogP contribution in [0.25, 0.3) is 0 Å². The predicted molar refractivity (Wildman–Crippen MR) is 431 cm³/mol. The SMILES string of the molecule is CC(C)c1cccc([C@H](C)C2CC2)c1OCOP(=O)(OCc1ccccc1)OCc1ccccc1.CC(C)c1cccc([C@H](C)C2CC2)c1OCOP(=O)(OCc1ccccc1)OCc1ccccc1.O=P(O)(OCc1ccccc1)OCc1ccccc1.O=P(OCCl)(OCc1ccccc1)OCc1ccccc1. The normalized spacial score (nSPS) is 13.5. The molecule has 0 radical (unpaired) electrons. The highest BCUT2D eigenvalue weighted by atomic mass is 35.5. The minimum atomic E-state index is -4.02. The van der Waals surface area contributed by atoms with E-state index in [0.717, 1.165) is 67.1 Å². The average Bonchev–Trinajstić information content (AvgIpc) is 1.61. The summed E-state index contributed by atoms with van der Waals surface area (Å²) in [6, 6.07) is 87.6. The molecule has 12 rings (SSSR count). The number of alkyl halides is 1. The van der Waals surface area contributed by atoms with Gasteiger partial charge in [0.15, 0.2) is 13.6 Å². The fourth-order valence-electron chi connectivity index (χ4n) is 11.4. The molecule has 0 unspecified atom stereocenters. The molecule has 2 atom stereocenters. The van der Waals surface area contributed by atoms with Crippen molar-refractivity contribution in [3.05, 3.63) is 346 Å². The number of phosphoric acid groups is 4. The first-order valence-corrected chi connectivity index (χ1v) is 43.3. The van der Waals surface area contributed by atoms with Crippen LogP contribution >= 0.6 is 42.9 Å². The van der Waals surface area contributed by atoms with Crippen molar-refractivity contribution in [1.29, 1.82) is 0 Å². The third kappa shape index (κ3) is 30.6. The third-order valence-corrected chi connectivity index (χ3v) is 23.1. The number of phosphoric ester groups is 4. The molecule has 10 aromatic rings. The van der Waals surface area contributed by atoms with E-state index < -0.39 is 31.3 Å². The minimum absolute atomic E-state index is 0.0450. The van der Waals surface area contributed by atoms with Crippen LogP contribution < -0.4 is 9.47 Å². The number of para-hydroxylation sites is 2. The number of ether oxygens (including phenoxy) is 2. The highest BCUT2D eigenvalue weighted by Gasteiger charge is 2.35. The lowest BCUT2D eigenvalue weighted by atomic mass is 9.90. The number of hydrogen-bond acceptors (Lipinski definition) is 17. The summed E-state index contributed by atoms with van der Waals surface area (Å²) in [4.78, 5) is 9.55. The van der Waals surface area contributed by atoms with Crippen molar-refractivity contribution < 1.29 is 82.4 Å². The predicted octanol–water partition coefficient (Wildman–Crippen LogP) is 24.7. The highest BCUT2D eigenvalue weighted by Crippen LogP contribution is 2.55. The lowest BCUT2D eigenvalue weighted by Crippen LogP contribution is -2.10. The van der Waals surface area contributed by atoms with Crippen LogP contribution in [-0.4, -0.2) is 24.5 Å². The van der Waals surface area contributed by atoms with Gasteiger partial charge in [-0.15, -0.1) is 0 Å². The Morgan fingerprint density at radius 3 is 0.709 bits per heavy atom. The molecule has 2 aliphatic carbocycles. The second kappa shape index (κ2) is 45.3. The van der Waals surface area contributed by atoms with Crippen molar-refractivity contribution >= 4 is 42.9 Å². The Balaban J connectivity index is 0.000000175. The molecule has 23 heteroatoms. The van der Waals surface area contributed by atoms with Gasteiger partial charge in [-0.05, 0) is 128 Å². The number of benzene rings is 10. The quantitative estimate of drug-likeness (QED) is 0.0215. The molecular weight excluding hydrogens is 1490 g/mol. The molecule has 0 heterocycles. The Morgan fingerprint density at radius 1 is 0.291 bits per heavy atom. The first-order valence-electron chi connectivity index (χ1n) is 36.9. The summed E-state index contributed by atoms with van der Waals surface area (Å²) in [5, 5.41) is 0. The van der Waals surface area contributed by atoms with E-state index in [4.69, 9.17) is 70.8 Å². The van der Waals surface area contributed by atoms with Crippen molar-refractivity contribution in [2.75, 3.05) is 19.7 Å². The maximum absolute atomic E-state index is 13.6. The molecule has 0 aliphatic heterocycles. The summed E-state index contributed by atoms with van der Waals surface area (Å²) in [6.07, 6.45) is 5.00. The lowest BCUT2D eigenvalue weighted by Gasteiger charge is -2.23. The molecule has 2 saturated carbocycles. The molecule has 10 aromatic carbocycles. The van der Waals surface area contributed by atoms with E-state index in [0.29, 0.717) is 23.7 Å². The van der Waals surface area contributed by atoms with Gasteiger partial charge in [-0.1, -0.05) is 332 Å². The summed E-state index contributed by atoms with van der Waals surface area (Å²) >= 11 is 5.49. The molecule has 0 aromatic heterocycles. The maximum Gasteiger partial charge on any atom is 0.478 e. The van der Waals surface area contributed by atoms with Gasteiger partial charge in [0.05, 0.1) is 52.9 Å². The van der Waals surface area contributed by atoms with E-state index in [-0.39, 0.29) is 84.3 Å². The van der Waals surface area contributed by atoms with Crippen molar-refractivity contribution in [1.82, 2.24) is 0 Å². The maximum atomic E-state index is 13.6. The standard InChI is InChI=1S/2C29H35O5P.C15H16ClO4P.C14H15O4P/c2*1-22(2)27-15-10-16-28(23(3)26-17-18-26)29(27)31-21-34-35(30,32-19-24-11-6-4-7-12-24)33-20-25-13-8-5-9-14-25;16-13-20-21(17,18-11-14-7-3-1-4-8-14)19-12-15-9-5-2-6-10-15;15-19(16,17-11-13-7-3-1-4-8-13)18-12-14-9-5-2-6-10-14/h2*4-16,22-23,26H,17-21H2,1-3H3;1-10H,11-13H2;1-10H,11-12H2,(H,15,16)/t2*23-;;/m11../s1. The lowest BCUT2D eigenvalue weighted by molar-refractivity contribution is 0.0423. The van der Waals surface area contributed by atoms with E-state index >= 15 is 0 Å². The highest BCUT2D eigenvalue weighted by molar-refractivity contribution is 7.49. The monoisotopic (exact) mass is 1590 g/mol. The Bertz CT molecular complexity index is 4090. The van der Waals surface area contributed by atoms with E-state index in [1.165, 1.54) is 36.8 Å². The van der Waals surface area contributed by atoms with E-state index in [9.17, 15) is 23.2 Å². The Kier molecular flexibility index (Phi) is 35.6.